The molecule has 0 saturated carbocycles. The highest BCUT2D eigenvalue weighted by Crippen LogP contribution is 2.27. The Balaban J connectivity index is 1.70. The van der Waals surface area contributed by atoms with Gasteiger partial charge in [-0.15, -0.1) is 0 Å². The standard InChI is InChI=1S/C18H24N2O3/c1-10(2)17-12(7-8-23-17)9-19-18(22)16-11(3)15-13(20-16)5-4-6-14(15)21/h12,17,20H,1,4-9H2,2-3H3,(H,19,22). The van der Waals surface area contributed by atoms with Gasteiger partial charge in [0.2, 0.25) is 0 Å². The first-order valence-electron chi connectivity index (χ1n) is 8.29. The fourth-order valence-electron chi connectivity index (χ4n) is 3.70. The fraction of sp³-hybridized carbons (Fsp3) is 0.556. The van der Waals surface area contributed by atoms with Gasteiger partial charge in [-0.3, -0.25) is 9.59 Å². The minimum absolute atomic E-state index is 0.0230. The van der Waals surface area contributed by atoms with Crippen LogP contribution >= 0.6 is 0 Å². The molecule has 1 saturated heterocycles. The number of aromatic nitrogens is 1. The summed E-state index contributed by atoms with van der Waals surface area (Å²) < 4.78 is 5.67. The summed E-state index contributed by atoms with van der Waals surface area (Å²) in [6.45, 7) is 9.04. The Morgan fingerprint density at radius 3 is 2.91 bits per heavy atom. The number of hydrogen-bond donors (Lipinski definition) is 2. The molecule has 0 spiro atoms. The van der Waals surface area contributed by atoms with E-state index in [1.165, 1.54) is 0 Å². The Morgan fingerprint density at radius 2 is 2.22 bits per heavy atom. The molecule has 2 unspecified atom stereocenters. The third-order valence-electron chi connectivity index (χ3n) is 4.89. The lowest BCUT2D eigenvalue weighted by Crippen LogP contribution is -2.33. The second-order valence-corrected chi connectivity index (χ2v) is 6.65. The molecule has 1 aliphatic carbocycles. The monoisotopic (exact) mass is 316 g/mol. The third-order valence-corrected chi connectivity index (χ3v) is 4.89. The average molecular weight is 316 g/mol. The summed E-state index contributed by atoms with van der Waals surface area (Å²) in [6.07, 6.45) is 3.22. The Hall–Kier alpha value is -1.88. The van der Waals surface area contributed by atoms with Crippen molar-refractivity contribution >= 4 is 11.7 Å². The van der Waals surface area contributed by atoms with Crippen molar-refractivity contribution in [1.82, 2.24) is 10.3 Å². The maximum atomic E-state index is 12.5. The maximum absolute atomic E-state index is 12.5. The van der Waals surface area contributed by atoms with Crippen LogP contribution in [0.5, 0.6) is 0 Å². The number of carbonyl (C=O) groups is 2. The summed E-state index contributed by atoms with van der Waals surface area (Å²) in [5, 5.41) is 2.99. The second kappa shape index (κ2) is 6.32. The van der Waals surface area contributed by atoms with Gasteiger partial charge in [0, 0.05) is 36.7 Å². The minimum atomic E-state index is -0.142. The van der Waals surface area contributed by atoms with E-state index in [0.29, 0.717) is 25.3 Å². The molecule has 124 valence electrons. The normalized spacial score (nSPS) is 23.7. The number of aryl methyl sites for hydroxylation is 1. The van der Waals surface area contributed by atoms with Crippen molar-refractivity contribution in [1.29, 1.82) is 0 Å². The quantitative estimate of drug-likeness (QED) is 0.839. The SMILES string of the molecule is C=C(C)C1OCCC1CNC(=O)c1[nH]c2c(c1C)C(=O)CCC2. The highest BCUT2D eigenvalue weighted by Gasteiger charge is 2.30. The van der Waals surface area contributed by atoms with Gasteiger partial charge in [0.25, 0.3) is 5.91 Å². The molecule has 0 radical (unpaired) electrons. The van der Waals surface area contributed by atoms with Gasteiger partial charge >= 0.3 is 0 Å². The van der Waals surface area contributed by atoms with Crippen molar-refractivity contribution in [2.75, 3.05) is 13.2 Å². The van der Waals surface area contributed by atoms with Crippen LogP contribution in [0.25, 0.3) is 0 Å². The van der Waals surface area contributed by atoms with Gasteiger partial charge < -0.3 is 15.0 Å². The largest absolute Gasteiger partial charge is 0.374 e. The second-order valence-electron chi connectivity index (χ2n) is 6.65. The zero-order chi connectivity index (χ0) is 16.6. The molecule has 1 aromatic rings. The molecule has 2 aliphatic rings. The number of ketones is 1. The van der Waals surface area contributed by atoms with E-state index in [0.717, 1.165) is 41.7 Å². The van der Waals surface area contributed by atoms with Gasteiger partial charge in [-0.25, -0.2) is 0 Å². The number of amides is 1. The van der Waals surface area contributed by atoms with Gasteiger partial charge in [-0.05, 0) is 38.7 Å². The smallest absolute Gasteiger partial charge is 0.268 e. The van der Waals surface area contributed by atoms with E-state index in [1.54, 1.807) is 0 Å². The number of nitrogens with one attached hydrogen (secondary N) is 2. The van der Waals surface area contributed by atoms with E-state index in [9.17, 15) is 9.59 Å². The molecule has 1 aromatic heterocycles. The van der Waals surface area contributed by atoms with E-state index in [-0.39, 0.29) is 23.7 Å². The first-order valence-corrected chi connectivity index (χ1v) is 8.29. The summed E-state index contributed by atoms with van der Waals surface area (Å²) >= 11 is 0. The minimum Gasteiger partial charge on any atom is -0.374 e. The van der Waals surface area contributed by atoms with Crippen LogP contribution in [0.3, 0.4) is 0 Å². The van der Waals surface area contributed by atoms with Crippen LogP contribution in [0.1, 0.15) is 58.3 Å². The van der Waals surface area contributed by atoms with Gasteiger partial charge in [-0.1, -0.05) is 12.2 Å². The molecule has 0 bridgehead atoms. The summed E-state index contributed by atoms with van der Waals surface area (Å²) in [5.74, 6) is 0.269. The number of fused-ring (bicyclic) bond motifs is 1. The highest BCUT2D eigenvalue weighted by molar-refractivity contribution is 6.04. The third kappa shape index (κ3) is 2.98. The summed E-state index contributed by atoms with van der Waals surface area (Å²) in [4.78, 5) is 27.7. The molecule has 1 fully saturated rings. The van der Waals surface area contributed by atoms with Crippen LogP contribution in [0.15, 0.2) is 12.2 Å². The molecule has 0 aromatic carbocycles. The lowest BCUT2D eigenvalue weighted by molar-refractivity contribution is 0.0920. The van der Waals surface area contributed by atoms with Crippen molar-refractivity contribution in [2.45, 2.75) is 45.6 Å². The van der Waals surface area contributed by atoms with E-state index in [4.69, 9.17) is 4.74 Å². The van der Waals surface area contributed by atoms with Crippen molar-refractivity contribution in [3.05, 3.63) is 34.7 Å². The van der Waals surface area contributed by atoms with Crippen LogP contribution in [0.4, 0.5) is 0 Å². The van der Waals surface area contributed by atoms with Crippen LogP contribution in [0, 0.1) is 12.8 Å². The zero-order valence-electron chi connectivity index (χ0n) is 13.8. The van der Waals surface area contributed by atoms with E-state index >= 15 is 0 Å². The van der Waals surface area contributed by atoms with Crippen molar-refractivity contribution in [3.8, 4) is 0 Å². The molecule has 2 heterocycles. The number of rotatable bonds is 4. The predicted molar refractivity (Wildman–Crippen MR) is 87.8 cm³/mol. The topological polar surface area (TPSA) is 71.2 Å². The number of H-pyrrole nitrogens is 1. The van der Waals surface area contributed by atoms with Crippen LogP contribution in [0.2, 0.25) is 0 Å². The maximum Gasteiger partial charge on any atom is 0.268 e. The highest BCUT2D eigenvalue weighted by atomic mass is 16.5. The Morgan fingerprint density at radius 1 is 1.43 bits per heavy atom. The molecular formula is C18H24N2O3. The van der Waals surface area contributed by atoms with Gasteiger partial charge in [0.1, 0.15) is 5.69 Å². The van der Waals surface area contributed by atoms with Crippen LogP contribution in [-0.4, -0.2) is 35.9 Å². The Kier molecular flexibility index (Phi) is 4.39. The molecule has 5 heteroatoms. The molecule has 2 N–H and O–H groups in total. The molecular weight excluding hydrogens is 292 g/mol. The summed E-state index contributed by atoms with van der Waals surface area (Å²) in [6, 6.07) is 0. The number of ether oxygens (including phenoxy) is 1. The molecule has 1 aliphatic heterocycles. The average Bonchev–Trinajstić information content (AvgIpc) is 3.10. The number of Topliss-reactive ketones (excluding diaryl/α,β-unsaturated/α-hetero) is 1. The Labute approximate surface area is 136 Å². The zero-order valence-corrected chi connectivity index (χ0v) is 13.8. The molecule has 2 atom stereocenters. The number of aromatic amines is 1. The van der Waals surface area contributed by atoms with Crippen molar-refractivity contribution in [3.63, 3.8) is 0 Å². The summed E-state index contributed by atoms with van der Waals surface area (Å²) in [5.41, 5.74) is 3.94. The van der Waals surface area contributed by atoms with E-state index < -0.39 is 0 Å². The van der Waals surface area contributed by atoms with Crippen molar-refractivity contribution in [2.24, 2.45) is 5.92 Å². The van der Waals surface area contributed by atoms with Crippen molar-refractivity contribution < 1.29 is 14.3 Å². The van der Waals surface area contributed by atoms with Crippen LogP contribution in [-0.2, 0) is 11.2 Å². The molecule has 3 rings (SSSR count). The number of carbonyl (C=O) groups excluding carboxylic acids is 2. The molecule has 23 heavy (non-hydrogen) atoms. The molecule has 1 amide bonds. The Bertz CT molecular complexity index is 659. The summed E-state index contributed by atoms with van der Waals surface area (Å²) in [7, 11) is 0. The van der Waals surface area contributed by atoms with Crippen LogP contribution < -0.4 is 5.32 Å². The number of hydrogen-bond acceptors (Lipinski definition) is 3. The first kappa shape index (κ1) is 16.0. The fourth-order valence-corrected chi connectivity index (χ4v) is 3.70. The van der Waals surface area contributed by atoms with Gasteiger partial charge in [0.15, 0.2) is 5.78 Å². The molecule has 5 nitrogen and oxygen atoms in total. The lowest BCUT2D eigenvalue weighted by atomic mass is 9.93. The van der Waals surface area contributed by atoms with Gasteiger partial charge in [-0.2, -0.15) is 0 Å². The predicted octanol–water partition coefficient (Wildman–Crippen LogP) is 2.55. The lowest BCUT2D eigenvalue weighted by Gasteiger charge is -2.18. The van der Waals surface area contributed by atoms with Gasteiger partial charge in [0.05, 0.1) is 6.10 Å². The first-order chi connectivity index (χ1) is 11.0. The van der Waals surface area contributed by atoms with E-state index in [2.05, 4.69) is 16.9 Å². The van der Waals surface area contributed by atoms with E-state index in [1.807, 2.05) is 13.8 Å².